The predicted octanol–water partition coefficient (Wildman–Crippen LogP) is 5.95. The number of hydrogen-bond acceptors (Lipinski definition) is 4. The van der Waals surface area contributed by atoms with Gasteiger partial charge in [-0.25, -0.2) is 4.68 Å². The molecule has 1 fully saturated rings. The smallest absolute Gasteiger partial charge is 0.304 e. The Morgan fingerprint density at radius 3 is 2.95 bits per heavy atom. The first-order valence-corrected chi connectivity index (χ1v) is 14.7. The van der Waals surface area contributed by atoms with Crippen LogP contribution in [0.2, 0.25) is 0 Å². The lowest BCUT2D eigenvalue weighted by molar-refractivity contribution is -0.137. The molecule has 0 spiro atoms. The Balaban J connectivity index is 1.22. The SMILES string of the molecule is CCc1cc(CC)n(-c2cccc(C(CC(=O)O)CN3CC[C@@H](CCC4=C=CC5=C(C=C4)CCCN5)C3)c2)n1. The van der Waals surface area contributed by atoms with Crippen molar-refractivity contribution in [2.75, 3.05) is 26.2 Å². The first kappa shape index (κ1) is 27.2. The van der Waals surface area contributed by atoms with Gasteiger partial charge in [0.05, 0.1) is 17.8 Å². The molecule has 6 nitrogen and oxygen atoms in total. The number of hydrogen-bond donors (Lipinski definition) is 2. The van der Waals surface area contributed by atoms with E-state index in [2.05, 4.69) is 72.3 Å². The zero-order chi connectivity index (χ0) is 27.2. The van der Waals surface area contributed by atoms with E-state index in [1.54, 1.807) is 0 Å². The molecule has 1 aliphatic carbocycles. The third-order valence-corrected chi connectivity index (χ3v) is 8.41. The number of likely N-dealkylation sites (tertiary alicyclic amines) is 1. The van der Waals surface area contributed by atoms with E-state index in [4.69, 9.17) is 5.10 Å². The summed E-state index contributed by atoms with van der Waals surface area (Å²) < 4.78 is 2.03. The van der Waals surface area contributed by atoms with Crippen LogP contribution in [0.15, 0.2) is 71.1 Å². The molecule has 1 saturated heterocycles. The van der Waals surface area contributed by atoms with Gasteiger partial charge in [-0.2, -0.15) is 5.10 Å². The maximum absolute atomic E-state index is 11.9. The Kier molecular flexibility index (Phi) is 8.85. The standard InChI is InChI=1S/C33H42N4O2/c1-3-29-21-30(4-2)37(35-29)31-9-5-7-27(19-31)28(20-33(38)39)23-36-18-16-25(22-36)11-10-24-12-14-26-8-6-17-34-32(26)15-13-24/h5,7,9,12,14-15,19,21,25,28,34H,3-4,6,8,10-11,16-18,20,22-23H2,1-2H3,(H,38,39)/t25-,28?/m1/s1. The van der Waals surface area contributed by atoms with Gasteiger partial charge in [0, 0.05) is 43.0 Å². The molecular weight excluding hydrogens is 484 g/mol. The molecule has 2 aliphatic heterocycles. The molecule has 1 unspecified atom stereocenters. The molecule has 3 aliphatic rings. The number of aromatic nitrogens is 2. The average molecular weight is 527 g/mol. The quantitative estimate of drug-likeness (QED) is 0.354. The van der Waals surface area contributed by atoms with E-state index in [0.717, 1.165) is 75.2 Å². The Morgan fingerprint density at radius 2 is 2.13 bits per heavy atom. The van der Waals surface area contributed by atoms with Gasteiger partial charge in [-0.15, -0.1) is 5.73 Å². The second-order valence-corrected chi connectivity index (χ2v) is 11.2. The number of nitrogens with zero attached hydrogens (tertiary/aromatic N) is 3. The van der Waals surface area contributed by atoms with Crippen LogP contribution in [-0.4, -0.2) is 51.9 Å². The first-order valence-electron chi connectivity index (χ1n) is 14.7. The van der Waals surface area contributed by atoms with Crippen LogP contribution in [0.1, 0.15) is 75.2 Å². The number of carboxylic acids is 1. The van der Waals surface area contributed by atoms with E-state index in [0.29, 0.717) is 5.92 Å². The van der Waals surface area contributed by atoms with Crippen LogP contribution >= 0.6 is 0 Å². The van der Waals surface area contributed by atoms with E-state index in [1.807, 2.05) is 10.7 Å². The second-order valence-electron chi connectivity index (χ2n) is 11.2. The third kappa shape index (κ3) is 6.81. The second kappa shape index (κ2) is 12.7. The van der Waals surface area contributed by atoms with Gasteiger partial charge < -0.3 is 15.3 Å². The van der Waals surface area contributed by atoms with Gasteiger partial charge >= 0.3 is 5.97 Å². The number of aliphatic carboxylic acids is 1. The molecule has 39 heavy (non-hydrogen) atoms. The Hall–Kier alpha value is -3.34. The minimum Gasteiger partial charge on any atom is -0.481 e. The number of carboxylic acid groups (broad SMARTS) is 1. The summed E-state index contributed by atoms with van der Waals surface area (Å²) in [6.45, 7) is 8.16. The van der Waals surface area contributed by atoms with Gasteiger partial charge in [0.15, 0.2) is 0 Å². The van der Waals surface area contributed by atoms with Crippen molar-refractivity contribution in [2.45, 2.75) is 71.1 Å². The Bertz CT molecular complexity index is 1310. The van der Waals surface area contributed by atoms with Crippen molar-refractivity contribution in [1.82, 2.24) is 20.0 Å². The van der Waals surface area contributed by atoms with Gasteiger partial charge in [0.25, 0.3) is 0 Å². The van der Waals surface area contributed by atoms with Gasteiger partial charge in [-0.05, 0) is 92.3 Å². The maximum Gasteiger partial charge on any atom is 0.304 e. The van der Waals surface area contributed by atoms with E-state index in [-0.39, 0.29) is 12.3 Å². The van der Waals surface area contributed by atoms with Crippen molar-refractivity contribution in [2.24, 2.45) is 5.92 Å². The first-order chi connectivity index (χ1) is 19.0. The van der Waals surface area contributed by atoms with Crippen LogP contribution in [-0.2, 0) is 17.6 Å². The number of aryl methyl sites for hydroxylation is 2. The molecule has 0 saturated carbocycles. The molecule has 2 N–H and O–H groups in total. The molecular formula is C33H42N4O2. The average Bonchev–Trinajstić information content (AvgIpc) is 3.53. The molecule has 206 valence electrons. The number of carbonyl (C=O) groups is 1. The molecule has 0 bridgehead atoms. The van der Waals surface area contributed by atoms with E-state index in [1.165, 1.54) is 35.4 Å². The van der Waals surface area contributed by atoms with E-state index < -0.39 is 5.97 Å². The van der Waals surface area contributed by atoms with Gasteiger partial charge in [0.2, 0.25) is 0 Å². The topological polar surface area (TPSA) is 70.4 Å². The molecule has 1 aromatic carbocycles. The molecule has 2 atom stereocenters. The molecule has 1 aromatic heterocycles. The fraction of sp³-hybridized carbons (Fsp3) is 0.485. The van der Waals surface area contributed by atoms with Gasteiger partial charge in [-0.1, -0.05) is 38.1 Å². The fourth-order valence-corrected chi connectivity index (χ4v) is 6.15. The van der Waals surface area contributed by atoms with Crippen molar-refractivity contribution in [3.63, 3.8) is 0 Å². The summed E-state index contributed by atoms with van der Waals surface area (Å²) in [4.78, 5) is 14.3. The highest BCUT2D eigenvalue weighted by Gasteiger charge is 2.27. The van der Waals surface area contributed by atoms with Gasteiger partial charge in [0.1, 0.15) is 0 Å². The van der Waals surface area contributed by atoms with Crippen molar-refractivity contribution in [3.8, 4) is 5.69 Å². The summed E-state index contributed by atoms with van der Waals surface area (Å²) in [5.41, 5.74) is 11.8. The normalized spacial score (nSPS) is 19.9. The maximum atomic E-state index is 11.9. The van der Waals surface area contributed by atoms with Crippen molar-refractivity contribution >= 4 is 5.97 Å². The highest BCUT2D eigenvalue weighted by molar-refractivity contribution is 5.68. The third-order valence-electron chi connectivity index (χ3n) is 8.41. The van der Waals surface area contributed by atoms with Gasteiger partial charge in [-0.3, -0.25) is 4.79 Å². The summed E-state index contributed by atoms with van der Waals surface area (Å²) in [5.74, 6) is -0.155. The van der Waals surface area contributed by atoms with Crippen LogP contribution in [0.5, 0.6) is 0 Å². The lowest BCUT2D eigenvalue weighted by atomic mass is 9.94. The van der Waals surface area contributed by atoms with E-state index in [9.17, 15) is 9.90 Å². The largest absolute Gasteiger partial charge is 0.481 e. The molecule has 0 amide bonds. The van der Waals surface area contributed by atoms with Crippen LogP contribution < -0.4 is 5.32 Å². The highest BCUT2D eigenvalue weighted by Crippen LogP contribution is 2.30. The summed E-state index contributed by atoms with van der Waals surface area (Å²) in [6, 6.07) is 10.5. The molecule has 3 heterocycles. The van der Waals surface area contributed by atoms with Crippen LogP contribution in [0, 0.1) is 5.92 Å². The predicted molar refractivity (Wildman–Crippen MR) is 156 cm³/mol. The number of nitrogens with one attached hydrogen (secondary N) is 1. The summed E-state index contributed by atoms with van der Waals surface area (Å²) >= 11 is 0. The highest BCUT2D eigenvalue weighted by atomic mass is 16.4. The number of benzene rings is 1. The lowest BCUT2D eigenvalue weighted by Gasteiger charge is -2.24. The number of allylic oxidation sites excluding steroid dienone is 4. The summed E-state index contributed by atoms with van der Waals surface area (Å²) in [6.07, 6.45) is 14.3. The minimum absolute atomic E-state index is 0.0483. The molecule has 2 aromatic rings. The minimum atomic E-state index is -0.743. The number of rotatable bonds is 11. The van der Waals surface area contributed by atoms with Crippen LogP contribution in [0.3, 0.4) is 0 Å². The molecule has 6 heteroatoms. The molecule has 0 radical (unpaired) electrons. The Morgan fingerprint density at radius 1 is 1.23 bits per heavy atom. The molecule has 5 rings (SSSR count). The van der Waals surface area contributed by atoms with Crippen molar-refractivity contribution < 1.29 is 9.90 Å². The van der Waals surface area contributed by atoms with Crippen molar-refractivity contribution in [1.29, 1.82) is 0 Å². The fourth-order valence-electron chi connectivity index (χ4n) is 6.15. The Labute approximate surface area is 232 Å². The summed E-state index contributed by atoms with van der Waals surface area (Å²) in [7, 11) is 0. The van der Waals surface area contributed by atoms with Crippen LogP contribution in [0.4, 0.5) is 0 Å². The zero-order valence-corrected chi connectivity index (χ0v) is 23.5. The zero-order valence-electron chi connectivity index (χ0n) is 23.5. The van der Waals surface area contributed by atoms with Crippen LogP contribution in [0.25, 0.3) is 5.69 Å². The summed E-state index contributed by atoms with van der Waals surface area (Å²) in [5, 5.41) is 18.0. The lowest BCUT2D eigenvalue weighted by Crippen LogP contribution is -2.28. The van der Waals surface area contributed by atoms with Crippen molar-refractivity contribution in [3.05, 3.63) is 88.1 Å². The van der Waals surface area contributed by atoms with E-state index >= 15 is 0 Å². The monoisotopic (exact) mass is 526 g/mol.